The molecular weight excluding hydrogens is 437 g/mol. The van der Waals surface area contributed by atoms with Crippen LogP contribution in [-0.2, 0) is 17.8 Å². The number of carbonyl (C=O) groups is 1. The minimum Gasteiger partial charge on any atom is -0.490 e. The summed E-state index contributed by atoms with van der Waals surface area (Å²) in [7, 11) is 0. The average Bonchev–Trinajstić information content (AvgIpc) is 3.31. The van der Waals surface area contributed by atoms with E-state index in [9.17, 15) is 14.0 Å². The number of benzene rings is 2. The van der Waals surface area contributed by atoms with Gasteiger partial charge in [-0.05, 0) is 68.3 Å². The lowest BCUT2D eigenvalue weighted by atomic mass is 10.1. The Morgan fingerprint density at radius 1 is 0.971 bits per heavy atom. The van der Waals surface area contributed by atoms with Crippen molar-refractivity contribution in [1.82, 2.24) is 14.3 Å². The lowest BCUT2D eigenvalue weighted by Gasteiger charge is -2.14. The first-order valence-corrected chi connectivity index (χ1v) is 11.5. The Morgan fingerprint density at radius 2 is 1.76 bits per heavy atom. The summed E-state index contributed by atoms with van der Waals surface area (Å²) in [5.74, 6) is 0.777. The first kappa shape index (κ1) is 23.4. The topological polar surface area (TPSA) is 74.0 Å². The Bertz CT molecular complexity index is 1380. The van der Waals surface area contributed by atoms with Gasteiger partial charge in [-0.15, -0.1) is 0 Å². The van der Waals surface area contributed by atoms with Crippen molar-refractivity contribution in [1.29, 1.82) is 0 Å². The zero-order valence-corrected chi connectivity index (χ0v) is 19.3. The number of fused-ring (bicyclic) bond motifs is 3. The summed E-state index contributed by atoms with van der Waals surface area (Å²) in [5.41, 5.74) is 2.42. The molecule has 4 aromatic rings. The van der Waals surface area contributed by atoms with Crippen LogP contribution in [0.5, 0.6) is 11.5 Å². The van der Waals surface area contributed by atoms with Crippen molar-refractivity contribution in [2.24, 2.45) is 0 Å². The fourth-order valence-electron chi connectivity index (χ4n) is 4.05. The molecule has 178 valence electrons. The first-order valence-electron chi connectivity index (χ1n) is 11.5. The van der Waals surface area contributed by atoms with E-state index in [4.69, 9.17) is 9.47 Å². The number of rotatable bonds is 10. The van der Waals surface area contributed by atoms with Gasteiger partial charge in [0.15, 0.2) is 11.5 Å². The lowest BCUT2D eigenvalue weighted by Crippen LogP contribution is -2.29. The Labute approximate surface area is 196 Å². The number of aryl methyl sites for hydroxylation is 1. The maximum Gasteiger partial charge on any atom is 0.275 e. The fourth-order valence-corrected chi connectivity index (χ4v) is 4.05. The summed E-state index contributed by atoms with van der Waals surface area (Å²) in [6, 6.07) is 13.6. The van der Waals surface area contributed by atoms with Crippen LogP contribution in [0.15, 0.2) is 59.5 Å². The minimum absolute atomic E-state index is 0.107. The lowest BCUT2D eigenvalue weighted by molar-refractivity contribution is -0.121. The summed E-state index contributed by atoms with van der Waals surface area (Å²) in [6.45, 7) is 5.53. The van der Waals surface area contributed by atoms with Crippen LogP contribution >= 0.6 is 0 Å². The largest absolute Gasteiger partial charge is 0.490 e. The highest BCUT2D eigenvalue weighted by Gasteiger charge is 2.13. The molecule has 34 heavy (non-hydrogen) atoms. The molecule has 0 aliphatic carbocycles. The molecular formula is C26H28FN3O4. The smallest absolute Gasteiger partial charge is 0.275 e. The maximum absolute atomic E-state index is 13.9. The summed E-state index contributed by atoms with van der Waals surface area (Å²) in [5, 5.41) is 2.90. The van der Waals surface area contributed by atoms with E-state index in [1.807, 2.05) is 32.0 Å². The molecule has 0 aliphatic rings. The predicted molar refractivity (Wildman–Crippen MR) is 129 cm³/mol. The zero-order valence-electron chi connectivity index (χ0n) is 19.3. The molecule has 0 saturated carbocycles. The van der Waals surface area contributed by atoms with Gasteiger partial charge < -0.3 is 23.8 Å². The van der Waals surface area contributed by atoms with Gasteiger partial charge in [0.25, 0.3) is 5.56 Å². The van der Waals surface area contributed by atoms with Crippen molar-refractivity contribution < 1.29 is 18.7 Å². The number of nitrogens with one attached hydrogen (secondary N) is 1. The van der Waals surface area contributed by atoms with Gasteiger partial charge in [-0.3, -0.25) is 9.59 Å². The number of aromatic nitrogens is 2. The number of ether oxygens (including phenoxy) is 2. The number of hydrogen-bond donors (Lipinski definition) is 1. The van der Waals surface area contributed by atoms with Gasteiger partial charge in [0, 0.05) is 25.7 Å². The van der Waals surface area contributed by atoms with Crippen LogP contribution in [0.4, 0.5) is 4.39 Å². The summed E-state index contributed by atoms with van der Waals surface area (Å²) in [4.78, 5) is 25.4. The highest BCUT2D eigenvalue weighted by Crippen LogP contribution is 2.28. The van der Waals surface area contributed by atoms with Crippen LogP contribution in [0.2, 0.25) is 0 Å². The molecule has 1 amide bonds. The third-order valence-corrected chi connectivity index (χ3v) is 5.61. The third kappa shape index (κ3) is 4.90. The summed E-state index contributed by atoms with van der Waals surface area (Å²) in [6.07, 6.45) is 2.50. The highest BCUT2D eigenvalue weighted by atomic mass is 19.1. The SMILES string of the molecule is CCOc1ccc(CCNC(=O)CCn2c(=O)c3cccn3c3ccc(F)cc32)cc1OCC. The third-order valence-electron chi connectivity index (χ3n) is 5.61. The molecule has 0 unspecified atom stereocenters. The van der Waals surface area contributed by atoms with E-state index in [1.54, 1.807) is 28.8 Å². The van der Waals surface area contributed by atoms with E-state index >= 15 is 0 Å². The molecule has 0 spiro atoms. The minimum atomic E-state index is -0.432. The molecule has 0 radical (unpaired) electrons. The number of halogens is 1. The standard InChI is InChI=1S/C26H28FN3O4/c1-3-33-23-10-7-18(16-24(23)34-4-2)11-13-28-25(31)12-15-30-22-17-19(27)8-9-20(22)29-14-5-6-21(29)26(30)32/h5-10,14,16-17H,3-4,11-13,15H2,1-2H3,(H,28,31). The van der Waals surface area contributed by atoms with Crippen LogP contribution < -0.4 is 20.3 Å². The Hall–Kier alpha value is -3.81. The Balaban J connectivity index is 1.41. The molecule has 0 saturated heterocycles. The zero-order chi connectivity index (χ0) is 24.1. The van der Waals surface area contributed by atoms with Gasteiger partial charge in [0.05, 0.1) is 24.2 Å². The van der Waals surface area contributed by atoms with E-state index in [-0.39, 0.29) is 24.4 Å². The van der Waals surface area contributed by atoms with Gasteiger partial charge in [-0.25, -0.2) is 4.39 Å². The molecule has 0 bridgehead atoms. The summed E-state index contributed by atoms with van der Waals surface area (Å²) >= 11 is 0. The van der Waals surface area contributed by atoms with Gasteiger partial charge in [0.1, 0.15) is 11.3 Å². The second-order valence-corrected chi connectivity index (χ2v) is 7.85. The molecule has 7 nitrogen and oxygen atoms in total. The molecule has 2 heterocycles. The van der Waals surface area contributed by atoms with E-state index < -0.39 is 5.82 Å². The average molecular weight is 466 g/mol. The van der Waals surface area contributed by atoms with Crippen LogP contribution in [0.1, 0.15) is 25.8 Å². The molecule has 0 fully saturated rings. The van der Waals surface area contributed by atoms with E-state index in [2.05, 4.69) is 5.32 Å². The molecule has 0 aliphatic heterocycles. The fraction of sp³-hybridized carbons (Fsp3) is 0.308. The van der Waals surface area contributed by atoms with Gasteiger partial charge in [-0.1, -0.05) is 6.07 Å². The quantitative estimate of drug-likeness (QED) is 0.385. The van der Waals surface area contributed by atoms with Gasteiger partial charge in [0.2, 0.25) is 5.91 Å². The maximum atomic E-state index is 13.9. The monoisotopic (exact) mass is 465 g/mol. The molecule has 1 N–H and O–H groups in total. The van der Waals surface area contributed by atoms with Crippen LogP contribution in [-0.4, -0.2) is 34.6 Å². The molecule has 0 atom stereocenters. The van der Waals surface area contributed by atoms with Crippen LogP contribution in [0.3, 0.4) is 0 Å². The van der Waals surface area contributed by atoms with Crippen molar-refractivity contribution in [2.45, 2.75) is 33.2 Å². The number of carbonyl (C=O) groups excluding carboxylic acids is 1. The van der Waals surface area contributed by atoms with Gasteiger partial charge in [-0.2, -0.15) is 0 Å². The number of nitrogens with zero attached hydrogens (tertiary/aromatic N) is 2. The molecule has 8 heteroatoms. The van der Waals surface area contributed by atoms with Crippen molar-refractivity contribution in [2.75, 3.05) is 19.8 Å². The highest BCUT2D eigenvalue weighted by molar-refractivity contribution is 5.80. The van der Waals surface area contributed by atoms with Crippen molar-refractivity contribution in [3.63, 3.8) is 0 Å². The molecule has 2 aromatic carbocycles. The Morgan fingerprint density at radius 3 is 2.56 bits per heavy atom. The summed E-state index contributed by atoms with van der Waals surface area (Å²) < 4.78 is 28.4. The van der Waals surface area contributed by atoms with E-state index in [0.717, 1.165) is 5.56 Å². The normalized spacial score (nSPS) is 11.1. The van der Waals surface area contributed by atoms with Crippen LogP contribution in [0.25, 0.3) is 16.6 Å². The van der Waals surface area contributed by atoms with Crippen molar-refractivity contribution in [3.8, 4) is 11.5 Å². The first-order chi connectivity index (χ1) is 16.5. The Kier molecular flexibility index (Phi) is 7.15. The van der Waals surface area contributed by atoms with Gasteiger partial charge >= 0.3 is 0 Å². The number of hydrogen-bond acceptors (Lipinski definition) is 4. The van der Waals surface area contributed by atoms with E-state index in [0.29, 0.717) is 54.2 Å². The molecule has 4 rings (SSSR count). The van der Waals surface area contributed by atoms with Crippen molar-refractivity contribution >= 4 is 22.5 Å². The van der Waals surface area contributed by atoms with Crippen molar-refractivity contribution in [3.05, 3.63) is 76.5 Å². The number of amides is 1. The second kappa shape index (κ2) is 10.4. The van der Waals surface area contributed by atoms with E-state index in [1.165, 1.54) is 16.7 Å². The molecule has 2 aromatic heterocycles. The van der Waals surface area contributed by atoms with Crippen LogP contribution in [0, 0.1) is 5.82 Å². The second-order valence-electron chi connectivity index (χ2n) is 7.85. The predicted octanol–water partition coefficient (Wildman–Crippen LogP) is 3.94.